The first-order valence-corrected chi connectivity index (χ1v) is 6.80. The van der Waals surface area contributed by atoms with Gasteiger partial charge in [0.2, 0.25) is 0 Å². The van der Waals surface area contributed by atoms with Gasteiger partial charge in [0, 0.05) is 6.04 Å². The van der Waals surface area contributed by atoms with Crippen molar-refractivity contribution in [3.63, 3.8) is 0 Å². The van der Waals surface area contributed by atoms with E-state index in [1.54, 1.807) is 17.8 Å². The topological polar surface area (TPSA) is 78.4 Å². The van der Waals surface area contributed by atoms with Crippen LogP contribution >= 0.6 is 11.8 Å². The standard InChI is InChI=1S/C11H20N2O3S/c1-4-5-8(2)12-11(16)13-9(10(14)15)6-7-17-3/h4,8-9H,1,5-7H2,2-3H3,(H,14,15)(H2,12,13,16). The maximum Gasteiger partial charge on any atom is 0.326 e. The normalized spacial score (nSPS) is 13.5. The van der Waals surface area contributed by atoms with E-state index in [1.165, 1.54) is 0 Å². The summed E-state index contributed by atoms with van der Waals surface area (Å²) in [7, 11) is 0. The molecule has 0 fully saturated rings. The molecule has 0 aromatic rings. The van der Waals surface area contributed by atoms with E-state index >= 15 is 0 Å². The van der Waals surface area contributed by atoms with E-state index < -0.39 is 18.0 Å². The van der Waals surface area contributed by atoms with Gasteiger partial charge in [0.05, 0.1) is 0 Å². The van der Waals surface area contributed by atoms with E-state index in [2.05, 4.69) is 17.2 Å². The molecule has 17 heavy (non-hydrogen) atoms. The van der Waals surface area contributed by atoms with Crippen molar-refractivity contribution in [3.8, 4) is 0 Å². The maximum atomic E-state index is 11.5. The van der Waals surface area contributed by atoms with Crippen LogP contribution in [0.25, 0.3) is 0 Å². The number of hydrogen-bond donors (Lipinski definition) is 3. The zero-order valence-corrected chi connectivity index (χ0v) is 11.0. The minimum absolute atomic E-state index is 0.0532. The smallest absolute Gasteiger partial charge is 0.326 e. The Kier molecular flexibility index (Phi) is 8.31. The second kappa shape index (κ2) is 8.92. The lowest BCUT2D eigenvalue weighted by atomic mass is 10.2. The third-order valence-electron chi connectivity index (χ3n) is 2.11. The largest absolute Gasteiger partial charge is 0.480 e. The Hall–Kier alpha value is -1.17. The fourth-order valence-electron chi connectivity index (χ4n) is 1.23. The first-order valence-electron chi connectivity index (χ1n) is 5.41. The summed E-state index contributed by atoms with van der Waals surface area (Å²) in [5, 5.41) is 14.0. The number of thioether (sulfide) groups is 1. The van der Waals surface area contributed by atoms with Gasteiger partial charge in [-0.3, -0.25) is 0 Å². The van der Waals surface area contributed by atoms with Crippen molar-refractivity contribution in [1.82, 2.24) is 10.6 Å². The first kappa shape index (κ1) is 15.8. The molecule has 0 spiro atoms. The number of aliphatic carboxylic acids is 1. The summed E-state index contributed by atoms with van der Waals surface area (Å²) in [6.45, 7) is 5.40. The van der Waals surface area contributed by atoms with Crippen molar-refractivity contribution in [1.29, 1.82) is 0 Å². The van der Waals surface area contributed by atoms with Crippen LogP contribution in [-0.2, 0) is 4.79 Å². The van der Waals surface area contributed by atoms with E-state index in [9.17, 15) is 9.59 Å². The van der Waals surface area contributed by atoms with Crippen LogP contribution in [0.5, 0.6) is 0 Å². The van der Waals surface area contributed by atoms with Gasteiger partial charge >= 0.3 is 12.0 Å². The van der Waals surface area contributed by atoms with E-state index in [-0.39, 0.29) is 6.04 Å². The number of carboxylic acid groups (broad SMARTS) is 1. The lowest BCUT2D eigenvalue weighted by molar-refractivity contribution is -0.139. The van der Waals surface area contributed by atoms with Crippen LogP contribution in [0.4, 0.5) is 4.79 Å². The van der Waals surface area contributed by atoms with Gasteiger partial charge in [-0.2, -0.15) is 11.8 Å². The summed E-state index contributed by atoms with van der Waals surface area (Å²) in [5.74, 6) is -0.315. The summed E-state index contributed by atoms with van der Waals surface area (Å²) < 4.78 is 0. The minimum Gasteiger partial charge on any atom is -0.480 e. The molecule has 0 aliphatic carbocycles. The zero-order valence-electron chi connectivity index (χ0n) is 10.2. The monoisotopic (exact) mass is 260 g/mol. The quantitative estimate of drug-likeness (QED) is 0.577. The third kappa shape index (κ3) is 7.68. The zero-order chi connectivity index (χ0) is 13.3. The molecule has 5 nitrogen and oxygen atoms in total. The Balaban J connectivity index is 4.11. The molecule has 0 aromatic carbocycles. The van der Waals surface area contributed by atoms with Crippen LogP contribution < -0.4 is 10.6 Å². The van der Waals surface area contributed by atoms with Crippen LogP contribution in [0, 0.1) is 0 Å². The molecule has 0 saturated heterocycles. The van der Waals surface area contributed by atoms with Gasteiger partial charge in [0.25, 0.3) is 0 Å². The summed E-state index contributed by atoms with van der Waals surface area (Å²) in [6.07, 6.45) is 4.66. The lowest BCUT2D eigenvalue weighted by Gasteiger charge is -2.17. The predicted molar refractivity (Wildman–Crippen MR) is 70.4 cm³/mol. The number of amides is 2. The molecule has 2 atom stereocenters. The van der Waals surface area contributed by atoms with Crippen molar-refractivity contribution in [2.45, 2.75) is 31.8 Å². The van der Waals surface area contributed by atoms with Crippen LogP contribution in [0.1, 0.15) is 19.8 Å². The molecule has 6 heteroatoms. The first-order chi connectivity index (χ1) is 8.01. The molecular weight excluding hydrogens is 240 g/mol. The number of carbonyl (C=O) groups is 2. The molecule has 3 N–H and O–H groups in total. The molecule has 0 aromatic heterocycles. The van der Waals surface area contributed by atoms with Gasteiger partial charge in [-0.1, -0.05) is 6.08 Å². The molecule has 0 heterocycles. The summed E-state index contributed by atoms with van der Waals surface area (Å²) in [6, 6.07) is -1.34. The van der Waals surface area contributed by atoms with E-state index in [0.29, 0.717) is 18.6 Å². The number of carboxylic acids is 1. The van der Waals surface area contributed by atoms with Gasteiger partial charge < -0.3 is 15.7 Å². The van der Waals surface area contributed by atoms with Crippen molar-refractivity contribution in [3.05, 3.63) is 12.7 Å². The van der Waals surface area contributed by atoms with Gasteiger partial charge in [-0.15, -0.1) is 6.58 Å². The Labute approximate surface area is 106 Å². The molecule has 2 amide bonds. The maximum absolute atomic E-state index is 11.5. The van der Waals surface area contributed by atoms with Gasteiger partial charge in [0.15, 0.2) is 0 Å². The van der Waals surface area contributed by atoms with Gasteiger partial charge in [-0.25, -0.2) is 9.59 Å². The second-order valence-corrected chi connectivity index (χ2v) is 4.70. The van der Waals surface area contributed by atoms with Crippen molar-refractivity contribution < 1.29 is 14.7 Å². The highest BCUT2D eigenvalue weighted by molar-refractivity contribution is 7.98. The molecule has 0 rings (SSSR count). The Morgan fingerprint density at radius 3 is 2.59 bits per heavy atom. The Morgan fingerprint density at radius 2 is 2.12 bits per heavy atom. The van der Waals surface area contributed by atoms with Crippen molar-refractivity contribution >= 4 is 23.8 Å². The minimum atomic E-state index is -1.01. The number of carbonyl (C=O) groups excluding carboxylic acids is 1. The van der Waals surface area contributed by atoms with Crippen LogP contribution in [0.3, 0.4) is 0 Å². The molecule has 2 unspecified atom stereocenters. The molecular formula is C11H20N2O3S. The SMILES string of the molecule is C=CCC(C)NC(=O)NC(CCSC)C(=O)O. The Bertz CT molecular complexity index is 271. The van der Waals surface area contributed by atoms with E-state index in [1.807, 2.05) is 13.2 Å². The average Bonchev–Trinajstić information content (AvgIpc) is 2.23. The molecule has 0 saturated carbocycles. The number of hydrogen-bond acceptors (Lipinski definition) is 3. The van der Waals surface area contributed by atoms with E-state index in [4.69, 9.17) is 5.11 Å². The summed E-state index contributed by atoms with van der Waals surface area (Å²) in [5.41, 5.74) is 0. The highest BCUT2D eigenvalue weighted by Crippen LogP contribution is 2.01. The predicted octanol–water partition coefficient (Wildman–Crippen LogP) is 1.46. The lowest BCUT2D eigenvalue weighted by Crippen LogP contribution is -2.48. The fraction of sp³-hybridized carbons (Fsp3) is 0.636. The summed E-state index contributed by atoms with van der Waals surface area (Å²) >= 11 is 1.55. The average molecular weight is 260 g/mol. The number of nitrogens with one attached hydrogen (secondary N) is 2. The number of rotatable bonds is 8. The van der Waals surface area contributed by atoms with Crippen LogP contribution in [-0.4, -0.2) is 41.2 Å². The molecule has 0 aliphatic heterocycles. The molecule has 98 valence electrons. The highest BCUT2D eigenvalue weighted by atomic mass is 32.2. The molecule has 0 radical (unpaired) electrons. The van der Waals surface area contributed by atoms with Gasteiger partial charge in [-0.05, 0) is 31.8 Å². The van der Waals surface area contributed by atoms with Gasteiger partial charge in [0.1, 0.15) is 6.04 Å². The van der Waals surface area contributed by atoms with Crippen molar-refractivity contribution in [2.75, 3.05) is 12.0 Å². The fourth-order valence-corrected chi connectivity index (χ4v) is 1.70. The summed E-state index contributed by atoms with van der Waals surface area (Å²) in [4.78, 5) is 22.4. The molecule has 0 bridgehead atoms. The second-order valence-electron chi connectivity index (χ2n) is 3.72. The Morgan fingerprint density at radius 1 is 1.47 bits per heavy atom. The van der Waals surface area contributed by atoms with Crippen molar-refractivity contribution in [2.24, 2.45) is 0 Å². The number of urea groups is 1. The van der Waals surface area contributed by atoms with Crippen LogP contribution in [0.15, 0.2) is 12.7 Å². The highest BCUT2D eigenvalue weighted by Gasteiger charge is 2.19. The van der Waals surface area contributed by atoms with Crippen LogP contribution in [0.2, 0.25) is 0 Å². The molecule has 0 aliphatic rings. The van der Waals surface area contributed by atoms with E-state index in [0.717, 1.165) is 0 Å². The third-order valence-corrected chi connectivity index (χ3v) is 2.76.